The molecule has 0 fully saturated rings. The van der Waals surface area contributed by atoms with Crippen LogP contribution >= 0.6 is 0 Å². The maximum absolute atomic E-state index is 12.2. The van der Waals surface area contributed by atoms with Crippen LogP contribution in [-0.4, -0.2) is 15.8 Å². The molecule has 3 aromatic rings. The highest BCUT2D eigenvalue weighted by molar-refractivity contribution is 5.99. The Morgan fingerprint density at radius 2 is 1.39 bits per heavy atom. The lowest BCUT2D eigenvalue weighted by molar-refractivity contribution is 0.262. The largest absolute Gasteiger partial charge is 0.323 e. The second-order valence-electron chi connectivity index (χ2n) is 7.66. The first-order chi connectivity index (χ1) is 13.2. The van der Waals surface area contributed by atoms with E-state index >= 15 is 0 Å². The Morgan fingerprint density at radius 1 is 0.857 bits per heavy atom. The Balaban J connectivity index is 1.64. The predicted octanol–water partition coefficient (Wildman–Crippen LogP) is 4.39. The molecule has 1 aromatic heterocycles. The van der Waals surface area contributed by atoms with Crippen LogP contribution in [0.1, 0.15) is 26.3 Å². The van der Waals surface area contributed by atoms with Crippen LogP contribution in [0.15, 0.2) is 65.5 Å². The van der Waals surface area contributed by atoms with Crippen LogP contribution in [0.3, 0.4) is 0 Å². The number of nitrogens with zero attached hydrogens (tertiary/aromatic N) is 2. The summed E-state index contributed by atoms with van der Waals surface area (Å²) in [4.78, 5) is 23.7. The van der Waals surface area contributed by atoms with Crippen LogP contribution in [0.25, 0.3) is 11.3 Å². The molecule has 0 atom stereocenters. The minimum absolute atomic E-state index is 0.0719. The van der Waals surface area contributed by atoms with Crippen molar-refractivity contribution in [1.29, 1.82) is 0 Å². The summed E-state index contributed by atoms with van der Waals surface area (Å²) >= 11 is 0. The number of benzene rings is 2. The number of anilines is 2. The fourth-order valence-electron chi connectivity index (χ4n) is 2.73. The summed E-state index contributed by atoms with van der Waals surface area (Å²) in [6, 6.07) is 18.0. The van der Waals surface area contributed by atoms with Crippen molar-refractivity contribution in [3.8, 4) is 11.3 Å². The van der Waals surface area contributed by atoms with Gasteiger partial charge in [-0.15, -0.1) is 0 Å². The quantitative estimate of drug-likeness (QED) is 0.712. The lowest BCUT2D eigenvalue weighted by Crippen LogP contribution is -2.19. The lowest BCUT2D eigenvalue weighted by atomic mass is 9.87. The minimum Gasteiger partial charge on any atom is -0.308 e. The third kappa shape index (κ3) is 4.65. The summed E-state index contributed by atoms with van der Waals surface area (Å²) in [5, 5.41) is 9.86. The molecule has 2 aromatic carbocycles. The lowest BCUT2D eigenvalue weighted by Gasteiger charge is -2.19. The van der Waals surface area contributed by atoms with Gasteiger partial charge in [0.05, 0.1) is 5.69 Å². The van der Waals surface area contributed by atoms with E-state index < -0.39 is 0 Å². The molecule has 0 aliphatic rings. The molecule has 0 unspecified atom stereocenters. The molecule has 0 radical (unpaired) electrons. The number of carbonyl (C=O) groups is 1. The number of nitrogens with one attached hydrogen (secondary N) is 2. The molecule has 0 bridgehead atoms. The van der Waals surface area contributed by atoms with Crippen molar-refractivity contribution < 1.29 is 4.79 Å². The Hall–Kier alpha value is -3.41. The summed E-state index contributed by atoms with van der Waals surface area (Å²) < 4.78 is 1.29. The zero-order chi connectivity index (χ0) is 20.3. The average molecular weight is 376 g/mol. The van der Waals surface area contributed by atoms with Gasteiger partial charge >= 0.3 is 6.03 Å². The second kappa shape index (κ2) is 7.68. The topological polar surface area (TPSA) is 76.0 Å². The molecule has 144 valence electrons. The van der Waals surface area contributed by atoms with Crippen LogP contribution < -0.4 is 16.2 Å². The van der Waals surface area contributed by atoms with E-state index in [-0.39, 0.29) is 17.0 Å². The molecule has 0 saturated carbocycles. The van der Waals surface area contributed by atoms with Gasteiger partial charge < -0.3 is 10.6 Å². The average Bonchev–Trinajstić information content (AvgIpc) is 2.64. The fourth-order valence-corrected chi connectivity index (χ4v) is 2.73. The van der Waals surface area contributed by atoms with Gasteiger partial charge in [0, 0.05) is 30.1 Å². The summed E-state index contributed by atoms with van der Waals surface area (Å²) in [7, 11) is 1.61. The highest BCUT2D eigenvalue weighted by atomic mass is 16.2. The van der Waals surface area contributed by atoms with Gasteiger partial charge in [0.1, 0.15) is 0 Å². The van der Waals surface area contributed by atoms with E-state index in [0.717, 1.165) is 11.3 Å². The Labute approximate surface area is 164 Å². The third-order valence-corrected chi connectivity index (χ3v) is 4.41. The van der Waals surface area contributed by atoms with Gasteiger partial charge in [0.2, 0.25) is 0 Å². The predicted molar refractivity (Wildman–Crippen MR) is 113 cm³/mol. The Kier molecular flexibility index (Phi) is 5.31. The van der Waals surface area contributed by atoms with Gasteiger partial charge in [0.15, 0.2) is 0 Å². The normalized spacial score (nSPS) is 11.1. The van der Waals surface area contributed by atoms with Gasteiger partial charge in [0.25, 0.3) is 5.56 Å². The molecule has 6 nitrogen and oxygen atoms in total. The Morgan fingerprint density at radius 3 is 1.89 bits per heavy atom. The van der Waals surface area contributed by atoms with E-state index in [1.807, 2.05) is 36.4 Å². The van der Waals surface area contributed by atoms with Gasteiger partial charge in [-0.2, -0.15) is 5.10 Å². The van der Waals surface area contributed by atoms with Crippen LogP contribution in [0, 0.1) is 0 Å². The SMILES string of the molecule is Cn1nc(-c2ccc(NC(=O)Nc3ccc(C(C)(C)C)cc3)cc2)ccc1=O. The van der Waals surface area contributed by atoms with E-state index in [9.17, 15) is 9.59 Å². The molecule has 3 rings (SSSR count). The maximum Gasteiger partial charge on any atom is 0.323 e. The van der Waals surface area contributed by atoms with Crippen molar-refractivity contribution >= 4 is 17.4 Å². The van der Waals surface area contributed by atoms with Crippen molar-refractivity contribution in [3.63, 3.8) is 0 Å². The molecular weight excluding hydrogens is 352 g/mol. The number of carbonyl (C=O) groups excluding carboxylic acids is 1. The number of urea groups is 1. The van der Waals surface area contributed by atoms with Crippen molar-refractivity contribution in [2.75, 3.05) is 10.6 Å². The number of rotatable bonds is 3. The van der Waals surface area contributed by atoms with Crippen molar-refractivity contribution in [2.24, 2.45) is 7.05 Å². The van der Waals surface area contributed by atoms with E-state index in [2.05, 4.69) is 36.5 Å². The van der Waals surface area contributed by atoms with E-state index in [0.29, 0.717) is 11.4 Å². The molecule has 0 aliphatic heterocycles. The molecule has 0 aliphatic carbocycles. The monoisotopic (exact) mass is 376 g/mol. The number of amides is 2. The number of aromatic nitrogens is 2. The molecule has 0 saturated heterocycles. The van der Waals surface area contributed by atoms with Crippen molar-refractivity contribution in [3.05, 3.63) is 76.6 Å². The summed E-state index contributed by atoms with van der Waals surface area (Å²) in [6.45, 7) is 6.45. The third-order valence-electron chi connectivity index (χ3n) is 4.41. The summed E-state index contributed by atoms with van der Waals surface area (Å²) in [5.74, 6) is 0. The molecule has 28 heavy (non-hydrogen) atoms. The summed E-state index contributed by atoms with van der Waals surface area (Å²) in [6.07, 6.45) is 0. The molecule has 1 heterocycles. The molecule has 2 N–H and O–H groups in total. The van der Waals surface area contributed by atoms with E-state index in [1.54, 1.807) is 25.2 Å². The van der Waals surface area contributed by atoms with E-state index in [1.165, 1.54) is 16.3 Å². The zero-order valence-electron chi connectivity index (χ0n) is 16.5. The molecular formula is C22H24N4O2. The van der Waals surface area contributed by atoms with Crippen LogP contribution in [-0.2, 0) is 12.5 Å². The standard InChI is InChI=1S/C22H24N4O2/c1-22(2,3)16-7-11-18(12-8-16)24-21(28)23-17-9-5-15(6-10-17)19-13-14-20(27)26(4)25-19/h5-14H,1-4H3,(H2,23,24,28). The first-order valence-electron chi connectivity index (χ1n) is 9.06. The maximum atomic E-state index is 12.2. The van der Waals surface area contributed by atoms with Crippen molar-refractivity contribution in [2.45, 2.75) is 26.2 Å². The van der Waals surface area contributed by atoms with Crippen LogP contribution in [0.4, 0.5) is 16.2 Å². The molecule has 0 spiro atoms. The van der Waals surface area contributed by atoms with Crippen LogP contribution in [0.5, 0.6) is 0 Å². The number of hydrogen-bond donors (Lipinski definition) is 2. The molecule has 2 amide bonds. The summed E-state index contributed by atoms with van der Waals surface area (Å²) in [5.41, 5.74) is 4.07. The molecule has 6 heteroatoms. The smallest absolute Gasteiger partial charge is 0.308 e. The second-order valence-corrected chi connectivity index (χ2v) is 7.66. The van der Waals surface area contributed by atoms with Crippen LogP contribution in [0.2, 0.25) is 0 Å². The first-order valence-corrected chi connectivity index (χ1v) is 9.06. The Bertz CT molecular complexity index is 1030. The highest BCUT2D eigenvalue weighted by Gasteiger charge is 2.13. The van der Waals surface area contributed by atoms with E-state index in [4.69, 9.17) is 0 Å². The van der Waals surface area contributed by atoms with Gasteiger partial charge in [-0.05, 0) is 41.3 Å². The minimum atomic E-state index is -0.309. The van der Waals surface area contributed by atoms with Crippen molar-refractivity contribution in [1.82, 2.24) is 9.78 Å². The highest BCUT2D eigenvalue weighted by Crippen LogP contribution is 2.23. The first kappa shape index (κ1) is 19.4. The van der Waals surface area contributed by atoms with Gasteiger partial charge in [-0.25, -0.2) is 9.48 Å². The zero-order valence-corrected chi connectivity index (χ0v) is 16.5. The number of aryl methyl sites for hydroxylation is 1. The fraction of sp³-hybridized carbons (Fsp3) is 0.227. The van der Waals surface area contributed by atoms with Gasteiger partial charge in [-0.1, -0.05) is 45.0 Å². The number of hydrogen-bond acceptors (Lipinski definition) is 3. The van der Waals surface area contributed by atoms with Gasteiger partial charge in [-0.3, -0.25) is 4.79 Å².